The fourth-order valence-corrected chi connectivity index (χ4v) is 8.14. The van der Waals surface area contributed by atoms with Crippen LogP contribution in [0.1, 0.15) is 64.7 Å². The minimum Gasteiger partial charge on any atom is -0.494 e. The van der Waals surface area contributed by atoms with Crippen LogP contribution in [0.4, 0.5) is 4.39 Å². The number of rotatable bonds is 7. The van der Waals surface area contributed by atoms with E-state index < -0.39 is 56.9 Å². The number of nitrogens with zero attached hydrogens (tertiary/aromatic N) is 2. The van der Waals surface area contributed by atoms with Gasteiger partial charge >= 0.3 is 0 Å². The van der Waals surface area contributed by atoms with Crippen molar-refractivity contribution in [2.45, 2.75) is 87.1 Å². The van der Waals surface area contributed by atoms with Gasteiger partial charge in [0.1, 0.15) is 34.9 Å². The molecule has 3 heterocycles. The predicted octanol–water partition coefficient (Wildman–Crippen LogP) is 3.57. The zero-order valence-electron chi connectivity index (χ0n) is 26.2. The Hall–Kier alpha value is -3.74. The minimum atomic E-state index is -4.29. The summed E-state index contributed by atoms with van der Waals surface area (Å²) in [6.45, 7) is 1.08. The number of nitrogens with one attached hydrogen (secondary N) is 2. The number of allylic oxidation sites excluding steroid dienone is 1. The van der Waals surface area contributed by atoms with E-state index in [9.17, 15) is 27.2 Å². The molecule has 6 rings (SSSR count). The van der Waals surface area contributed by atoms with Gasteiger partial charge < -0.3 is 19.7 Å². The molecular formula is C33H41FN4O7S. The van der Waals surface area contributed by atoms with Gasteiger partial charge in [0.25, 0.3) is 5.91 Å². The summed E-state index contributed by atoms with van der Waals surface area (Å²) in [6, 6.07) is 6.54. The van der Waals surface area contributed by atoms with Crippen molar-refractivity contribution in [3.8, 4) is 11.6 Å². The topological polar surface area (TPSA) is 144 Å². The van der Waals surface area contributed by atoms with Gasteiger partial charge in [0.15, 0.2) is 0 Å². The largest absolute Gasteiger partial charge is 0.494 e. The molecule has 13 heteroatoms. The van der Waals surface area contributed by atoms with Gasteiger partial charge in [0, 0.05) is 29.5 Å². The number of methoxy groups -OCH3 is 1. The van der Waals surface area contributed by atoms with Crippen molar-refractivity contribution in [3.63, 3.8) is 0 Å². The number of halogens is 1. The fraction of sp³-hybridized carbons (Fsp3) is 0.576. The number of carbonyl (C=O) groups excluding carboxylic acids is 3. The first-order chi connectivity index (χ1) is 22.0. The number of pyridine rings is 1. The second kappa shape index (κ2) is 12.5. The van der Waals surface area contributed by atoms with Crippen LogP contribution in [0.15, 0.2) is 42.6 Å². The lowest BCUT2D eigenvalue weighted by Gasteiger charge is -2.27. The third-order valence-electron chi connectivity index (χ3n) is 9.93. The Labute approximate surface area is 268 Å². The molecular weight excluding hydrogens is 615 g/mol. The minimum absolute atomic E-state index is 0.110. The standard InChI is InChI=1S/C33H41FN4O7S/c1-21-9-5-3-4-6-10-22-17-33(22,31(41)37-46(42,43)32(20-34)13-14-32)36-29(40)26-16-23(19-38(26)28(39)15-21)45-30-25-12-8-7-11-24(25)27(44-2)18-35-30/h6-8,10-12,18,21-23,26H,3-5,9,13-17,19-20H2,1-2H3,(H,36,40)(H,37,41). The first-order valence-electron chi connectivity index (χ1n) is 16.0. The number of sulfonamides is 1. The molecule has 3 fully saturated rings. The van der Waals surface area contributed by atoms with Gasteiger partial charge in [-0.15, -0.1) is 0 Å². The first kappa shape index (κ1) is 32.2. The molecule has 1 saturated heterocycles. The molecule has 2 aliphatic heterocycles. The van der Waals surface area contributed by atoms with Crippen LogP contribution in [-0.4, -0.2) is 78.8 Å². The number of hydrogen-bond acceptors (Lipinski definition) is 8. The summed E-state index contributed by atoms with van der Waals surface area (Å²) in [7, 11) is -2.73. The highest BCUT2D eigenvalue weighted by Gasteiger charge is 2.64. The second-order valence-corrected chi connectivity index (χ2v) is 15.3. The molecule has 2 aliphatic carbocycles. The quantitative estimate of drug-likeness (QED) is 0.431. The van der Waals surface area contributed by atoms with Crippen molar-refractivity contribution in [2.24, 2.45) is 11.8 Å². The molecule has 5 unspecified atom stereocenters. The van der Waals surface area contributed by atoms with Crippen LogP contribution >= 0.6 is 0 Å². The lowest BCUT2D eigenvalue weighted by molar-refractivity contribution is -0.140. The molecule has 248 valence electrons. The highest BCUT2D eigenvalue weighted by molar-refractivity contribution is 7.91. The van der Waals surface area contributed by atoms with Crippen molar-refractivity contribution in [2.75, 3.05) is 20.3 Å². The summed E-state index contributed by atoms with van der Waals surface area (Å²) in [5.74, 6) is -1.03. The van der Waals surface area contributed by atoms with E-state index in [2.05, 4.69) is 15.0 Å². The molecule has 4 aliphatic rings. The third kappa shape index (κ3) is 6.05. The lowest BCUT2D eigenvalue weighted by atomic mass is 9.99. The maximum absolute atomic E-state index is 14.0. The lowest BCUT2D eigenvalue weighted by Crippen LogP contribution is -2.57. The van der Waals surface area contributed by atoms with Gasteiger partial charge in [-0.3, -0.25) is 19.1 Å². The van der Waals surface area contributed by atoms with Crippen molar-refractivity contribution >= 4 is 38.5 Å². The normalized spacial score (nSPS) is 29.5. The summed E-state index contributed by atoms with van der Waals surface area (Å²) >= 11 is 0. The molecule has 0 radical (unpaired) electrons. The third-order valence-corrected chi connectivity index (χ3v) is 12.0. The summed E-state index contributed by atoms with van der Waals surface area (Å²) in [6.07, 6.45) is 9.09. The zero-order valence-corrected chi connectivity index (χ0v) is 27.0. The molecule has 1 aromatic heterocycles. The Morgan fingerprint density at radius 1 is 1.20 bits per heavy atom. The Balaban J connectivity index is 1.27. The number of ether oxygens (including phenoxy) is 2. The number of amides is 3. The van der Waals surface area contributed by atoms with Crippen LogP contribution in [0.25, 0.3) is 10.8 Å². The van der Waals surface area contributed by atoms with E-state index >= 15 is 0 Å². The van der Waals surface area contributed by atoms with Gasteiger partial charge in [0.05, 0.1) is 19.9 Å². The molecule has 2 saturated carbocycles. The maximum atomic E-state index is 14.0. The second-order valence-electron chi connectivity index (χ2n) is 13.3. The number of carbonyl (C=O) groups is 3. The van der Waals surface area contributed by atoms with Crippen molar-refractivity contribution in [1.29, 1.82) is 0 Å². The van der Waals surface area contributed by atoms with E-state index in [1.54, 1.807) is 13.3 Å². The van der Waals surface area contributed by atoms with Crippen LogP contribution in [0.5, 0.6) is 11.6 Å². The first-order valence-corrected chi connectivity index (χ1v) is 17.5. The number of hydrogen-bond donors (Lipinski definition) is 2. The summed E-state index contributed by atoms with van der Waals surface area (Å²) in [5, 5.41) is 4.37. The van der Waals surface area contributed by atoms with E-state index in [4.69, 9.17) is 9.47 Å². The van der Waals surface area contributed by atoms with Crippen molar-refractivity contribution in [1.82, 2.24) is 19.9 Å². The van der Waals surface area contributed by atoms with E-state index in [1.807, 2.05) is 43.3 Å². The fourth-order valence-electron chi connectivity index (χ4n) is 6.72. The van der Waals surface area contributed by atoms with Crippen LogP contribution in [0.3, 0.4) is 0 Å². The van der Waals surface area contributed by atoms with Crippen molar-refractivity contribution < 1.29 is 36.7 Å². The molecule has 11 nitrogen and oxygen atoms in total. The number of fused-ring (bicyclic) bond motifs is 3. The summed E-state index contributed by atoms with van der Waals surface area (Å²) in [4.78, 5) is 47.3. The zero-order chi connectivity index (χ0) is 32.7. The molecule has 0 bridgehead atoms. The molecule has 3 amide bonds. The van der Waals surface area contributed by atoms with Crippen molar-refractivity contribution in [3.05, 3.63) is 42.6 Å². The van der Waals surface area contributed by atoms with Crippen LogP contribution in [0, 0.1) is 11.8 Å². The molecule has 2 N–H and O–H groups in total. The SMILES string of the molecule is COc1cnc(OC2CC3C(=O)NC4(C(=O)NS(=O)(=O)C5(CF)CC5)CC4C=CCCCCC(C)CC(=O)N3C2)c2ccccc12. The van der Waals surface area contributed by atoms with E-state index in [0.717, 1.165) is 36.5 Å². The average Bonchev–Trinajstić information content (AvgIpc) is 3.93. The van der Waals surface area contributed by atoms with E-state index in [1.165, 1.54) is 4.90 Å². The van der Waals surface area contributed by atoms with Crippen LogP contribution in [-0.2, 0) is 24.4 Å². The Morgan fingerprint density at radius 3 is 2.67 bits per heavy atom. The number of aromatic nitrogens is 1. The maximum Gasteiger partial charge on any atom is 0.259 e. The summed E-state index contributed by atoms with van der Waals surface area (Å²) < 4.78 is 51.9. The number of alkyl halides is 1. The monoisotopic (exact) mass is 656 g/mol. The smallest absolute Gasteiger partial charge is 0.259 e. The molecule has 2 aromatic rings. The summed E-state index contributed by atoms with van der Waals surface area (Å²) in [5.41, 5.74) is -1.53. The van der Waals surface area contributed by atoms with Gasteiger partial charge in [0.2, 0.25) is 27.7 Å². The van der Waals surface area contributed by atoms with E-state index in [0.29, 0.717) is 11.6 Å². The Kier molecular flexibility index (Phi) is 8.73. The van der Waals surface area contributed by atoms with Crippen LogP contribution in [0.2, 0.25) is 0 Å². The van der Waals surface area contributed by atoms with Gasteiger partial charge in [-0.05, 0) is 44.1 Å². The van der Waals surface area contributed by atoms with Gasteiger partial charge in [-0.2, -0.15) is 0 Å². The molecule has 0 spiro atoms. The average molecular weight is 657 g/mol. The highest BCUT2D eigenvalue weighted by atomic mass is 32.2. The number of benzene rings is 1. The predicted molar refractivity (Wildman–Crippen MR) is 168 cm³/mol. The van der Waals surface area contributed by atoms with Gasteiger partial charge in [-0.1, -0.05) is 50.1 Å². The highest BCUT2D eigenvalue weighted by Crippen LogP contribution is 2.48. The molecule has 46 heavy (non-hydrogen) atoms. The molecule has 5 atom stereocenters. The van der Waals surface area contributed by atoms with Crippen LogP contribution < -0.4 is 19.5 Å². The molecule has 1 aromatic carbocycles. The van der Waals surface area contributed by atoms with E-state index in [-0.39, 0.29) is 50.5 Å². The Bertz CT molecular complexity index is 1660. The van der Waals surface area contributed by atoms with Gasteiger partial charge in [-0.25, -0.2) is 17.8 Å². The Morgan fingerprint density at radius 2 is 1.96 bits per heavy atom.